The van der Waals surface area contributed by atoms with Crippen molar-refractivity contribution < 1.29 is 4.74 Å². The molecule has 2 N–H and O–H groups in total. The van der Waals surface area contributed by atoms with Crippen molar-refractivity contribution >= 4 is 27.3 Å². The van der Waals surface area contributed by atoms with E-state index in [-0.39, 0.29) is 12.1 Å². The number of nitrogens with two attached hydrogens (primary N) is 1. The van der Waals surface area contributed by atoms with Gasteiger partial charge in [-0.25, -0.2) is 0 Å². The van der Waals surface area contributed by atoms with Crippen LogP contribution in [0.5, 0.6) is 0 Å². The van der Waals surface area contributed by atoms with Crippen LogP contribution in [0.4, 0.5) is 0 Å². The van der Waals surface area contributed by atoms with Crippen LogP contribution in [0, 0.1) is 0 Å². The third kappa shape index (κ3) is 4.63. The minimum atomic E-state index is 0.155. The summed E-state index contributed by atoms with van der Waals surface area (Å²) in [6, 6.07) is 2.59. The van der Waals surface area contributed by atoms with Crippen LogP contribution in [0.15, 0.2) is 15.9 Å². The van der Waals surface area contributed by atoms with Gasteiger partial charge in [-0.05, 0) is 42.4 Å². The van der Waals surface area contributed by atoms with Crippen molar-refractivity contribution in [3.8, 4) is 0 Å². The molecule has 104 valence electrons. The molecule has 2 atom stereocenters. The Hall–Kier alpha value is 0.0600. The molecule has 1 heterocycles. The zero-order chi connectivity index (χ0) is 13.5. The highest BCUT2D eigenvalue weighted by Crippen LogP contribution is 2.31. The molecular weight excluding hydrogens is 312 g/mol. The first-order valence-electron chi connectivity index (χ1n) is 6.37. The summed E-state index contributed by atoms with van der Waals surface area (Å²) in [5.41, 5.74) is 6.27. The fraction of sp³-hybridized carbons (Fsp3) is 0.692. The summed E-state index contributed by atoms with van der Waals surface area (Å²) in [6.45, 7) is 6.58. The van der Waals surface area contributed by atoms with Crippen molar-refractivity contribution in [3.63, 3.8) is 0 Å². The fourth-order valence-electron chi connectivity index (χ4n) is 1.95. The van der Waals surface area contributed by atoms with E-state index in [0.717, 1.165) is 30.7 Å². The molecule has 1 rings (SSSR count). The molecule has 5 heteroatoms. The van der Waals surface area contributed by atoms with Gasteiger partial charge >= 0.3 is 0 Å². The van der Waals surface area contributed by atoms with Crippen LogP contribution in [0.25, 0.3) is 0 Å². The normalized spacial score (nSPS) is 15.0. The molecular formula is C13H23BrN2OS. The highest BCUT2D eigenvalue weighted by molar-refractivity contribution is 9.10. The second kappa shape index (κ2) is 8.27. The van der Waals surface area contributed by atoms with E-state index in [4.69, 9.17) is 10.5 Å². The van der Waals surface area contributed by atoms with Gasteiger partial charge < -0.3 is 10.5 Å². The van der Waals surface area contributed by atoms with Crippen LogP contribution in [0.3, 0.4) is 0 Å². The van der Waals surface area contributed by atoms with Crippen LogP contribution in [-0.2, 0) is 4.74 Å². The van der Waals surface area contributed by atoms with Crippen LogP contribution < -0.4 is 5.73 Å². The number of thiophene rings is 1. The minimum absolute atomic E-state index is 0.155. The second-order valence-electron chi connectivity index (χ2n) is 4.36. The highest BCUT2D eigenvalue weighted by atomic mass is 79.9. The number of rotatable bonds is 8. The lowest BCUT2D eigenvalue weighted by Gasteiger charge is -2.31. The maximum Gasteiger partial charge on any atom is 0.0593 e. The quantitative estimate of drug-likeness (QED) is 0.741. The van der Waals surface area contributed by atoms with Crippen LogP contribution >= 0.6 is 27.3 Å². The van der Waals surface area contributed by atoms with Gasteiger partial charge in [-0.15, -0.1) is 11.3 Å². The topological polar surface area (TPSA) is 38.5 Å². The van der Waals surface area contributed by atoms with E-state index in [2.05, 4.69) is 46.2 Å². The van der Waals surface area contributed by atoms with Gasteiger partial charge in [0.15, 0.2) is 0 Å². The first-order chi connectivity index (χ1) is 8.60. The Morgan fingerprint density at radius 2 is 2.22 bits per heavy atom. The number of nitrogens with zero attached hydrogens (tertiary/aromatic N) is 1. The van der Waals surface area contributed by atoms with Gasteiger partial charge in [-0.3, -0.25) is 4.90 Å². The Morgan fingerprint density at radius 1 is 1.50 bits per heavy atom. The van der Waals surface area contributed by atoms with Gasteiger partial charge in [0.2, 0.25) is 0 Å². The standard InChI is InChI=1S/C13H23BrN2OS/c1-4-11(15)13(12-8-10(14)9-18-12)16(3)6-7-17-5-2/h8-9,11,13H,4-7,15H2,1-3H3. The van der Waals surface area contributed by atoms with Gasteiger partial charge in [0.05, 0.1) is 12.6 Å². The summed E-state index contributed by atoms with van der Waals surface area (Å²) in [4.78, 5) is 3.61. The molecule has 1 aromatic rings. The molecule has 18 heavy (non-hydrogen) atoms. The van der Waals surface area contributed by atoms with Crippen LogP contribution in [0.1, 0.15) is 31.2 Å². The van der Waals surface area contributed by atoms with Gasteiger partial charge in [-0.1, -0.05) is 6.92 Å². The van der Waals surface area contributed by atoms with E-state index in [1.54, 1.807) is 11.3 Å². The molecule has 0 aliphatic carbocycles. The Balaban J connectivity index is 2.72. The summed E-state index contributed by atoms with van der Waals surface area (Å²) in [7, 11) is 2.12. The number of likely N-dealkylation sites (N-methyl/N-ethyl adjacent to an activating group) is 1. The molecule has 0 aromatic carbocycles. The summed E-state index contributed by atoms with van der Waals surface area (Å²) in [6.07, 6.45) is 0.971. The van der Waals surface area contributed by atoms with E-state index in [1.165, 1.54) is 4.88 Å². The maximum absolute atomic E-state index is 6.27. The smallest absolute Gasteiger partial charge is 0.0593 e. The zero-order valence-corrected chi connectivity index (χ0v) is 13.8. The van der Waals surface area contributed by atoms with Crippen molar-refractivity contribution in [2.75, 3.05) is 26.8 Å². The molecule has 0 radical (unpaired) electrons. The third-order valence-electron chi connectivity index (χ3n) is 3.02. The fourth-order valence-corrected chi connectivity index (χ4v) is 3.64. The summed E-state index contributed by atoms with van der Waals surface area (Å²) < 4.78 is 6.55. The Kier molecular flexibility index (Phi) is 7.41. The molecule has 0 saturated carbocycles. The third-order valence-corrected chi connectivity index (χ3v) is 4.79. The number of hydrogen-bond donors (Lipinski definition) is 1. The van der Waals surface area contributed by atoms with E-state index in [1.807, 2.05) is 6.92 Å². The molecule has 0 bridgehead atoms. The molecule has 3 nitrogen and oxygen atoms in total. The van der Waals surface area contributed by atoms with E-state index in [0.29, 0.717) is 0 Å². The van der Waals surface area contributed by atoms with Crippen LogP contribution in [-0.4, -0.2) is 37.7 Å². The van der Waals surface area contributed by atoms with Crippen molar-refractivity contribution in [2.24, 2.45) is 5.73 Å². The van der Waals surface area contributed by atoms with E-state index < -0.39 is 0 Å². The number of halogens is 1. The number of ether oxygens (including phenoxy) is 1. The van der Waals surface area contributed by atoms with Crippen molar-refractivity contribution in [3.05, 3.63) is 20.8 Å². The van der Waals surface area contributed by atoms with Crippen molar-refractivity contribution in [2.45, 2.75) is 32.4 Å². The van der Waals surface area contributed by atoms with E-state index >= 15 is 0 Å². The molecule has 0 aliphatic rings. The molecule has 0 aliphatic heterocycles. The average molecular weight is 335 g/mol. The second-order valence-corrected chi connectivity index (χ2v) is 6.22. The van der Waals surface area contributed by atoms with Crippen molar-refractivity contribution in [1.82, 2.24) is 4.90 Å². The van der Waals surface area contributed by atoms with E-state index in [9.17, 15) is 0 Å². The first kappa shape index (κ1) is 16.1. The maximum atomic E-state index is 6.27. The summed E-state index contributed by atoms with van der Waals surface area (Å²) in [5.74, 6) is 0. The zero-order valence-electron chi connectivity index (χ0n) is 11.4. The van der Waals surface area contributed by atoms with Crippen LogP contribution in [0.2, 0.25) is 0 Å². The highest BCUT2D eigenvalue weighted by Gasteiger charge is 2.24. The SMILES string of the molecule is CCOCCN(C)C(c1cc(Br)cs1)C(N)CC. The number of hydrogen-bond acceptors (Lipinski definition) is 4. The molecule has 0 fully saturated rings. The molecule has 2 unspecified atom stereocenters. The summed E-state index contributed by atoms with van der Waals surface area (Å²) in [5, 5.41) is 2.11. The van der Waals surface area contributed by atoms with Crippen molar-refractivity contribution in [1.29, 1.82) is 0 Å². The Bertz CT molecular complexity index is 345. The van der Waals surface area contributed by atoms with Gasteiger partial charge in [-0.2, -0.15) is 0 Å². The van der Waals surface area contributed by atoms with Gasteiger partial charge in [0.1, 0.15) is 0 Å². The minimum Gasteiger partial charge on any atom is -0.380 e. The Morgan fingerprint density at radius 3 is 2.72 bits per heavy atom. The Labute approximate surface area is 122 Å². The molecule has 0 amide bonds. The first-order valence-corrected chi connectivity index (χ1v) is 8.04. The molecule has 1 aromatic heterocycles. The van der Waals surface area contributed by atoms with Gasteiger partial charge in [0.25, 0.3) is 0 Å². The lowest BCUT2D eigenvalue weighted by molar-refractivity contribution is 0.101. The predicted molar refractivity (Wildman–Crippen MR) is 82.1 cm³/mol. The lowest BCUT2D eigenvalue weighted by Crippen LogP contribution is -2.39. The average Bonchev–Trinajstić information content (AvgIpc) is 2.76. The molecule has 0 spiro atoms. The summed E-state index contributed by atoms with van der Waals surface area (Å²) >= 11 is 5.27. The monoisotopic (exact) mass is 334 g/mol. The lowest BCUT2D eigenvalue weighted by atomic mass is 10.0. The largest absolute Gasteiger partial charge is 0.380 e. The van der Waals surface area contributed by atoms with Gasteiger partial charge in [0, 0.05) is 33.9 Å². The predicted octanol–water partition coefficient (Wildman–Crippen LogP) is 3.26. The molecule has 0 saturated heterocycles.